The van der Waals surface area contributed by atoms with E-state index in [1.807, 2.05) is 6.92 Å². The van der Waals surface area contributed by atoms with Gasteiger partial charge in [-0.15, -0.1) is 0 Å². The van der Waals surface area contributed by atoms with E-state index in [1.54, 1.807) is 24.3 Å². The predicted octanol–water partition coefficient (Wildman–Crippen LogP) is 0.887. The number of nitrogens with two attached hydrogens (primary N) is 1. The van der Waals surface area contributed by atoms with Gasteiger partial charge in [0.2, 0.25) is 10.0 Å². The summed E-state index contributed by atoms with van der Waals surface area (Å²) in [6, 6.07) is 6.59. The Morgan fingerprint density at radius 1 is 1.32 bits per heavy atom. The summed E-state index contributed by atoms with van der Waals surface area (Å²) in [5.74, 6) is 5.22. The molecule has 1 amide bonds. The minimum atomic E-state index is -3.26. The van der Waals surface area contributed by atoms with Crippen LogP contribution in [0.3, 0.4) is 0 Å². The number of hydrogen-bond donors (Lipinski definition) is 2. The van der Waals surface area contributed by atoms with Crippen LogP contribution in [0.15, 0.2) is 24.3 Å². The Kier molecular flexibility index (Phi) is 7.43. The zero-order chi connectivity index (χ0) is 16.4. The Morgan fingerprint density at radius 3 is 2.73 bits per heavy atom. The van der Waals surface area contributed by atoms with E-state index in [0.717, 1.165) is 6.42 Å². The number of unbranched alkanes of at least 4 members (excludes halogenated alkanes) is 1. The number of benzene rings is 1. The summed E-state index contributed by atoms with van der Waals surface area (Å²) in [6.07, 6.45) is 1.44. The number of primary amides is 1. The normalized spacial score (nSPS) is 10.6. The van der Waals surface area contributed by atoms with Crippen LogP contribution in [0.4, 0.5) is 0 Å². The van der Waals surface area contributed by atoms with E-state index in [2.05, 4.69) is 16.6 Å². The minimum absolute atomic E-state index is 0.0346. The molecule has 0 aliphatic carbocycles. The smallest absolute Gasteiger partial charge is 0.252 e. The van der Waals surface area contributed by atoms with Crippen LogP contribution < -0.4 is 15.2 Å². The van der Waals surface area contributed by atoms with E-state index in [4.69, 9.17) is 10.5 Å². The fraction of sp³-hybridized carbons (Fsp3) is 0.400. The number of nitrogens with one attached hydrogen (secondary N) is 1. The van der Waals surface area contributed by atoms with Crippen molar-refractivity contribution in [3.05, 3.63) is 29.8 Å². The van der Waals surface area contributed by atoms with Crippen LogP contribution in [0.5, 0.6) is 5.75 Å². The van der Waals surface area contributed by atoms with Crippen LogP contribution in [-0.4, -0.2) is 33.2 Å². The van der Waals surface area contributed by atoms with Crippen LogP contribution in [0, 0.1) is 11.8 Å². The van der Waals surface area contributed by atoms with Gasteiger partial charge in [0.15, 0.2) is 0 Å². The molecule has 7 heteroatoms. The zero-order valence-electron chi connectivity index (χ0n) is 12.5. The molecule has 120 valence electrons. The Bertz CT molecular complexity index is 660. The first-order valence-corrected chi connectivity index (χ1v) is 8.56. The fourth-order valence-electron chi connectivity index (χ4n) is 1.58. The summed E-state index contributed by atoms with van der Waals surface area (Å²) in [7, 11) is -3.26. The molecule has 3 N–H and O–H groups in total. The van der Waals surface area contributed by atoms with Crippen molar-refractivity contribution in [3.8, 4) is 17.6 Å². The van der Waals surface area contributed by atoms with E-state index in [9.17, 15) is 13.2 Å². The van der Waals surface area contributed by atoms with Gasteiger partial charge in [-0.3, -0.25) is 4.79 Å². The second-order valence-electron chi connectivity index (χ2n) is 4.50. The number of para-hydroxylation sites is 1. The lowest BCUT2D eigenvalue weighted by Crippen LogP contribution is -2.26. The van der Waals surface area contributed by atoms with Crippen molar-refractivity contribution in [1.82, 2.24) is 4.72 Å². The molecule has 0 bridgehead atoms. The molecule has 0 heterocycles. The van der Waals surface area contributed by atoms with Gasteiger partial charge in [0.1, 0.15) is 12.4 Å². The highest BCUT2D eigenvalue weighted by Crippen LogP contribution is 2.16. The summed E-state index contributed by atoms with van der Waals surface area (Å²) < 4.78 is 30.7. The maximum Gasteiger partial charge on any atom is 0.252 e. The Morgan fingerprint density at radius 2 is 2.05 bits per heavy atom. The average Bonchev–Trinajstić information content (AvgIpc) is 2.49. The second-order valence-corrected chi connectivity index (χ2v) is 6.42. The lowest BCUT2D eigenvalue weighted by atomic mass is 10.2. The van der Waals surface area contributed by atoms with E-state index < -0.39 is 15.9 Å². The van der Waals surface area contributed by atoms with Gasteiger partial charge in [0.05, 0.1) is 17.9 Å². The molecule has 0 aliphatic rings. The number of rotatable bonds is 8. The van der Waals surface area contributed by atoms with E-state index in [1.165, 1.54) is 0 Å². The predicted molar refractivity (Wildman–Crippen MR) is 84.9 cm³/mol. The average molecular weight is 324 g/mol. The second kappa shape index (κ2) is 9.07. The molecular weight excluding hydrogens is 304 g/mol. The topological polar surface area (TPSA) is 98.5 Å². The molecule has 22 heavy (non-hydrogen) atoms. The fourth-order valence-corrected chi connectivity index (χ4v) is 2.68. The standard InChI is InChI=1S/C15H20N2O4S/c1-2-3-12-22(19,20)17-10-6-7-11-21-14-9-5-4-8-13(14)15(16)18/h4-5,8-9,17H,2-3,10-12H2,1H3,(H2,16,18). The van der Waals surface area contributed by atoms with Crippen LogP contribution >= 0.6 is 0 Å². The molecule has 0 aliphatic heterocycles. The third-order valence-corrected chi connectivity index (χ3v) is 4.13. The molecule has 6 nitrogen and oxygen atoms in total. The van der Waals surface area contributed by atoms with Crippen LogP contribution in [0.2, 0.25) is 0 Å². The van der Waals surface area contributed by atoms with Gasteiger partial charge in [-0.2, -0.15) is 0 Å². The van der Waals surface area contributed by atoms with Crippen molar-refractivity contribution in [2.75, 3.05) is 18.9 Å². The molecule has 0 spiro atoms. The molecule has 1 rings (SSSR count). The molecular formula is C15H20N2O4S. The lowest BCUT2D eigenvalue weighted by Gasteiger charge is -2.05. The first-order valence-electron chi connectivity index (χ1n) is 6.91. The maximum atomic E-state index is 11.5. The Hall–Kier alpha value is -2.04. The summed E-state index contributed by atoms with van der Waals surface area (Å²) in [5, 5.41) is 0. The molecule has 0 fully saturated rings. The van der Waals surface area contributed by atoms with Gasteiger partial charge >= 0.3 is 0 Å². The first kappa shape index (κ1) is 18.0. The Labute approximate surface area is 131 Å². The van der Waals surface area contributed by atoms with Crippen LogP contribution in [-0.2, 0) is 10.0 Å². The van der Waals surface area contributed by atoms with E-state index in [-0.39, 0.29) is 24.5 Å². The molecule has 0 atom stereocenters. The minimum Gasteiger partial charge on any atom is -0.480 e. The van der Waals surface area contributed by atoms with Gasteiger partial charge in [0, 0.05) is 0 Å². The largest absolute Gasteiger partial charge is 0.480 e. The molecule has 0 unspecified atom stereocenters. The third kappa shape index (κ3) is 6.61. The van der Waals surface area contributed by atoms with Crippen LogP contribution in [0.25, 0.3) is 0 Å². The number of amides is 1. The highest BCUT2D eigenvalue weighted by Gasteiger charge is 2.08. The van der Waals surface area contributed by atoms with E-state index in [0.29, 0.717) is 12.2 Å². The van der Waals surface area contributed by atoms with Gasteiger partial charge in [-0.25, -0.2) is 13.1 Å². The highest BCUT2D eigenvalue weighted by atomic mass is 32.2. The van der Waals surface area contributed by atoms with Crippen molar-refractivity contribution in [2.24, 2.45) is 5.73 Å². The van der Waals surface area contributed by atoms with Gasteiger partial charge in [-0.1, -0.05) is 37.3 Å². The monoisotopic (exact) mass is 324 g/mol. The summed E-state index contributed by atoms with van der Waals surface area (Å²) >= 11 is 0. The first-order chi connectivity index (χ1) is 10.5. The molecule has 0 aromatic heterocycles. The van der Waals surface area contributed by atoms with Crippen molar-refractivity contribution in [3.63, 3.8) is 0 Å². The highest BCUT2D eigenvalue weighted by molar-refractivity contribution is 7.89. The van der Waals surface area contributed by atoms with Crippen molar-refractivity contribution in [1.29, 1.82) is 0 Å². The van der Waals surface area contributed by atoms with Gasteiger partial charge in [0.25, 0.3) is 5.91 Å². The zero-order valence-corrected chi connectivity index (χ0v) is 13.3. The van der Waals surface area contributed by atoms with Crippen molar-refractivity contribution in [2.45, 2.75) is 19.8 Å². The summed E-state index contributed by atoms with van der Waals surface area (Å²) in [6.45, 7) is 2.00. The lowest BCUT2D eigenvalue weighted by molar-refractivity contribution is 0.0997. The Balaban J connectivity index is 2.42. The van der Waals surface area contributed by atoms with Crippen molar-refractivity contribution < 1.29 is 17.9 Å². The molecule has 1 aromatic rings. The number of sulfonamides is 1. The van der Waals surface area contributed by atoms with Crippen LogP contribution in [0.1, 0.15) is 30.1 Å². The van der Waals surface area contributed by atoms with Gasteiger partial charge in [-0.05, 0) is 18.6 Å². The molecule has 1 aromatic carbocycles. The third-order valence-electron chi connectivity index (χ3n) is 2.72. The number of carbonyl (C=O) groups excluding carboxylic acids is 1. The molecule has 0 saturated heterocycles. The number of carbonyl (C=O) groups is 1. The number of hydrogen-bond acceptors (Lipinski definition) is 4. The summed E-state index contributed by atoms with van der Waals surface area (Å²) in [5.41, 5.74) is 5.50. The van der Waals surface area contributed by atoms with Crippen molar-refractivity contribution >= 4 is 15.9 Å². The van der Waals surface area contributed by atoms with E-state index >= 15 is 0 Å². The SMILES string of the molecule is CCCCS(=O)(=O)NCC#CCOc1ccccc1C(N)=O. The maximum absolute atomic E-state index is 11.5. The summed E-state index contributed by atoms with van der Waals surface area (Å²) in [4.78, 5) is 11.2. The quantitative estimate of drug-likeness (QED) is 0.694. The molecule has 0 radical (unpaired) electrons. The molecule has 0 saturated carbocycles. The number of ether oxygens (including phenoxy) is 1. The van der Waals surface area contributed by atoms with Gasteiger partial charge < -0.3 is 10.5 Å².